The second-order valence-corrected chi connectivity index (χ2v) is 43.8. The lowest BCUT2D eigenvalue weighted by molar-refractivity contribution is -0.384. The van der Waals surface area contributed by atoms with Crippen LogP contribution in [0.5, 0.6) is 17.2 Å². The van der Waals surface area contributed by atoms with Crippen molar-refractivity contribution >= 4 is 103 Å². The second kappa shape index (κ2) is 59.4. The number of likely N-dealkylation sites (tertiary alicyclic amines) is 2. The smallest absolute Gasteiger partial charge is 0.481 e. The number of carboxylic acids is 1. The molecule has 145 heavy (non-hydrogen) atoms. The number of non-ortho nitro benzene ring substituents is 1. The van der Waals surface area contributed by atoms with Crippen LogP contribution in [0.4, 0.5) is 15.3 Å². The molecule has 7 rings (SSSR count). The Morgan fingerprint density at radius 1 is 0.462 bits per heavy atom. The van der Waals surface area contributed by atoms with Gasteiger partial charge >= 0.3 is 18.2 Å². The molecule has 0 bridgehead atoms. The molecule has 11 amide bonds. The van der Waals surface area contributed by atoms with E-state index in [0.717, 1.165) is 19.2 Å². The molecule has 18 atom stereocenters. The molecule has 0 spiro atoms. The number of nitro benzene ring substituents is 1. The van der Waals surface area contributed by atoms with Gasteiger partial charge in [0.2, 0.25) is 67.3 Å². The Morgan fingerprint density at radius 3 is 1.12 bits per heavy atom. The van der Waals surface area contributed by atoms with Crippen molar-refractivity contribution < 1.29 is 127 Å². The number of likely N-dealkylation sites (N-methyl/N-ethyl adjacent to an activating group) is 4. The number of ether oxygens (including phenoxy) is 7. The van der Waals surface area contributed by atoms with Crippen molar-refractivity contribution in [3.63, 3.8) is 0 Å². The normalized spacial score (nSPS) is 18.1. The molecule has 0 aromatic heterocycles. The molecule has 4 aliphatic rings. The standard InChI is InChI=1S/C50H75N7O14S.C50H83N7O13S.CH4O/c1-13-31(6)44(55(10)49(62)42(29(2)3)52-48(61)43(30(4)5)54(8)9)40(68-11)28-41(58)56-26-14-15-39(56)45(69-12)32(7)46(59)51-38(47(60)53-72(66,67)37-24-25-37)27-33-16-20-35(21-17-33)70-50(63)71-36-22-18-34(19-23-36)57(64)65;1-13-32(6)44(56(10)49(64)42(30(2)3)53-48(63)43(31(4)5)55(8)9)39(68-11)29-40(58)57-27-17-18-38(57)45(69-12)33(7)46(61)52-37(47(62)54-71(66,67)36-24-25-36)28-34-20-22-35(23-21-34)70-50(65)51-26-16-14-15-19-41(59)60;1-2/h16-23,29-32,37-40,42-45H,13-15,24-28H2,1-12H3,(H,51,59)(H,52,61)(H,53,60);20-23,30-33,36-39,42-45H,13-19,24-29H2,1-12H3,(H,51,65)(H,52,61)(H,53,63)(H,54,62)(H,59,60);2H,1H3/t31-,32+,38-,39-,40+,42-,43-,44-,45+;32-,33+,37-,38-,39+,42-,43-,44-,45+;/m00./s1. The largest absolute Gasteiger partial charge is 0.519 e. The number of nitrogens with zero attached hydrogens (tertiary/aromatic N) is 7. The van der Waals surface area contributed by atoms with Crippen LogP contribution in [0, 0.1) is 57.5 Å². The molecule has 0 radical (unpaired) electrons. The monoisotopic (exact) mass is 2080 g/mol. The van der Waals surface area contributed by atoms with Crippen LogP contribution in [0.25, 0.3) is 0 Å². The minimum Gasteiger partial charge on any atom is -0.481 e. The number of carbonyl (C=O) groups excluding carboxylic acids is 12. The van der Waals surface area contributed by atoms with Gasteiger partial charge in [0, 0.05) is 101 Å². The van der Waals surface area contributed by atoms with Crippen LogP contribution in [0.1, 0.15) is 211 Å². The van der Waals surface area contributed by atoms with Crippen molar-refractivity contribution in [2.75, 3.05) is 97.5 Å². The Balaban J connectivity index is 0.000000502. The summed E-state index contributed by atoms with van der Waals surface area (Å²) >= 11 is 0. The lowest BCUT2D eigenvalue weighted by Gasteiger charge is -2.41. The van der Waals surface area contributed by atoms with Crippen LogP contribution in [-0.4, -0.2) is 331 Å². The number of aliphatic carboxylic acids is 1. The number of methoxy groups -OCH3 is 4. The average Bonchev–Trinajstić information content (AvgIpc) is 1.82. The summed E-state index contributed by atoms with van der Waals surface area (Å²) in [5.74, 6) is -8.01. The van der Waals surface area contributed by atoms with Crippen molar-refractivity contribution in [3.05, 3.63) is 94.0 Å². The quantitative estimate of drug-likeness (QED) is 0.00856. The van der Waals surface area contributed by atoms with Gasteiger partial charge in [0.05, 0.1) is 101 Å². The maximum absolute atomic E-state index is 14.5. The zero-order valence-corrected chi connectivity index (χ0v) is 90.7. The number of aliphatic hydroxyl groups is 1. The van der Waals surface area contributed by atoms with E-state index in [2.05, 4.69) is 36.0 Å². The van der Waals surface area contributed by atoms with Crippen LogP contribution >= 0.6 is 0 Å². The average molecular weight is 2080 g/mol. The summed E-state index contributed by atoms with van der Waals surface area (Å²) in [6, 6.07) is 9.27. The Kier molecular flexibility index (Phi) is 51.1. The number of nitrogens with one attached hydrogen (secondary N) is 7. The third kappa shape index (κ3) is 37.3. The molecule has 3 aromatic rings. The molecule has 816 valence electrons. The highest BCUT2D eigenvalue weighted by Gasteiger charge is 2.49. The number of unbranched alkanes of at least 4 members (excludes halogenated alkanes) is 2. The Hall–Kier alpha value is -10.6. The van der Waals surface area contributed by atoms with E-state index in [1.54, 1.807) is 59.7 Å². The number of sulfonamides is 2. The maximum atomic E-state index is 14.5. The topological polar surface area (TPSA) is 542 Å². The van der Waals surface area contributed by atoms with E-state index in [9.17, 15) is 89.3 Å². The molecule has 2 aliphatic heterocycles. The highest BCUT2D eigenvalue weighted by molar-refractivity contribution is 7.91. The van der Waals surface area contributed by atoms with Crippen molar-refractivity contribution in [2.45, 2.75) is 308 Å². The first-order chi connectivity index (χ1) is 68.2. The van der Waals surface area contributed by atoms with E-state index < -0.39 is 174 Å². The van der Waals surface area contributed by atoms with Crippen LogP contribution in [0.2, 0.25) is 0 Å². The molecule has 4 fully saturated rings. The van der Waals surface area contributed by atoms with Gasteiger partial charge in [-0.25, -0.2) is 26.4 Å². The van der Waals surface area contributed by atoms with Gasteiger partial charge in [-0.3, -0.25) is 82.1 Å². The summed E-state index contributed by atoms with van der Waals surface area (Å²) in [7, 11) is 9.52. The molecule has 2 heterocycles. The predicted molar refractivity (Wildman–Crippen MR) is 543 cm³/mol. The number of rotatable bonds is 56. The fourth-order valence-electron chi connectivity index (χ4n) is 18.8. The number of hydrogen-bond acceptors (Lipinski definition) is 29. The molecule has 9 N–H and O–H groups in total. The molecule has 2 aliphatic carbocycles. The summed E-state index contributed by atoms with van der Waals surface area (Å²) in [5.41, 5.74) is 0.789. The van der Waals surface area contributed by atoms with E-state index in [1.165, 1.54) is 77.0 Å². The molecule has 44 heteroatoms. The van der Waals surface area contributed by atoms with Gasteiger partial charge < -0.3 is 89.6 Å². The maximum Gasteiger partial charge on any atom is 0.519 e. The number of nitro groups is 1. The van der Waals surface area contributed by atoms with E-state index in [-0.39, 0.29) is 126 Å². The molecule has 42 nitrogen and oxygen atoms in total. The van der Waals surface area contributed by atoms with Crippen molar-refractivity contribution in [1.29, 1.82) is 0 Å². The molecule has 3 aromatic carbocycles. The summed E-state index contributed by atoms with van der Waals surface area (Å²) in [6.45, 7) is 27.5. The molecule has 2 saturated heterocycles. The summed E-state index contributed by atoms with van der Waals surface area (Å²) < 4.78 is 95.6. The lowest BCUT2D eigenvalue weighted by atomic mass is 9.89. The number of carboxylic acid groups (broad SMARTS) is 1. The minimum atomic E-state index is -4.02. The van der Waals surface area contributed by atoms with E-state index in [4.69, 9.17) is 43.4 Å². The lowest BCUT2D eigenvalue weighted by Crippen LogP contribution is -2.59. The fourth-order valence-corrected chi connectivity index (χ4v) is 21.5. The third-order valence-electron chi connectivity index (χ3n) is 27.3. The van der Waals surface area contributed by atoms with Gasteiger partial charge in [-0.2, -0.15) is 0 Å². The van der Waals surface area contributed by atoms with Gasteiger partial charge in [0.1, 0.15) is 41.4 Å². The zero-order valence-electron chi connectivity index (χ0n) is 89.1. The van der Waals surface area contributed by atoms with E-state index >= 15 is 0 Å². The van der Waals surface area contributed by atoms with Gasteiger partial charge in [0.15, 0.2) is 0 Å². The highest BCUT2D eigenvalue weighted by Crippen LogP contribution is 2.36. The summed E-state index contributed by atoms with van der Waals surface area (Å²) in [5, 5.41) is 39.4. The Labute approximate surface area is 855 Å². The molecule has 0 unspecified atom stereocenters. The molecular weight excluding hydrogens is 1920 g/mol. The third-order valence-corrected chi connectivity index (χ3v) is 31.0. The highest BCUT2D eigenvalue weighted by atomic mass is 32.2. The number of amides is 11. The second-order valence-electron chi connectivity index (χ2n) is 39.9. The van der Waals surface area contributed by atoms with E-state index in [0.29, 0.717) is 114 Å². The van der Waals surface area contributed by atoms with E-state index in [1.807, 2.05) is 121 Å². The van der Waals surface area contributed by atoms with Crippen LogP contribution in [0.15, 0.2) is 72.8 Å². The summed E-state index contributed by atoms with van der Waals surface area (Å²) in [6.07, 6.45) is 1.41. The Bertz CT molecular complexity index is 4950. The number of carbonyl (C=O) groups is 13. The van der Waals surface area contributed by atoms with Gasteiger partial charge in [-0.1, -0.05) is 140 Å². The van der Waals surface area contributed by atoms with Crippen molar-refractivity contribution in [3.8, 4) is 17.2 Å². The molecule has 2 saturated carbocycles. The first-order valence-corrected chi connectivity index (χ1v) is 53.2. The number of hydrogen-bond donors (Lipinski definition) is 9. The zero-order chi connectivity index (χ0) is 109. The van der Waals surface area contributed by atoms with Crippen LogP contribution in [-0.2, 0) is 105 Å². The van der Waals surface area contributed by atoms with Gasteiger partial charge in [-0.05, 0) is 175 Å². The number of aliphatic hydroxyl groups excluding tert-OH is 1. The van der Waals surface area contributed by atoms with Crippen LogP contribution < -0.4 is 50.2 Å². The number of benzene rings is 3. The Morgan fingerprint density at radius 2 is 0.814 bits per heavy atom. The fraction of sp³-hybridized carbons (Fsp3) is 0.693. The molecular formula is C101H162N14O28S2. The predicted octanol–water partition coefficient (Wildman–Crippen LogP) is 7.77. The van der Waals surface area contributed by atoms with Crippen LogP contribution in [0.3, 0.4) is 0 Å². The van der Waals surface area contributed by atoms with Crippen molar-refractivity contribution in [2.24, 2.45) is 47.3 Å². The summed E-state index contributed by atoms with van der Waals surface area (Å²) in [4.78, 5) is 197. The first kappa shape index (κ1) is 125. The van der Waals surface area contributed by atoms with Gasteiger partial charge in [0.25, 0.3) is 17.5 Å². The minimum absolute atomic E-state index is 0.00359. The SMILES string of the molecule is CC[C@H](C)[C@@H]([C@@H](CC(=O)N1CCC[C@H]1[C@H](OC)[C@@H](C)C(=O)N[C@@H](Cc1ccc(OC(=O)NCCCCCC(=O)O)cc1)C(=O)NS(=O)(=O)C1CC1)OC)N(C)C(=O)[C@@H](NC(=O)[C@H](C(C)C)N(C)C)C(C)C.CC[C@H](C)[C@@H]([C@@H](CC(=O)N1CCC[C@H]1[C@H](OC)[C@@H](C)C(=O)N[C@@H](Cc1ccc(OC(=O)Oc2ccc([N+](=O)[O-])cc2)cc1)C(=O)NS(=O)(=O)C1CC1)OC)N(C)C(=O)[C@@H](NC(=O)[C@H](C(C)C)N(C)C)C(C)C.CO. The first-order valence-electron chi connectivity index (χ1n) is 50.1. The van der Waals surface area contributed by atoms with Crippen molar-refractivity contribution in [1.82, 2.24) is 65.4 Å². The van der Waals surface area contributed by atoms with Gasteiger partial charge in [-0.15, -0.1) is 0 Å².